The number of benzene rings is 2. The van der Waals surface area contributed by atoms with Crippen molar-refractivity contribution in [2.75, 3.05) is 47.7 Å². The lowest BCUT2D eigenvalue weighted by atomic mass is 9.83. The van der Waals surface area contributed by atoms with Crippen molar-refractivity contribution in [2.45, 2.75) is 126 Å². The molecule has 4 aromatic heterocycles. The van der Waals surface area contributed by atoms with Gasteiger partial charge in [0, 0.05) is 50.6 Å². The second kappa shape index (κ2) is 18.1. The minimum atomic E-state index is -0.893. The van der Waals surface area contributed by atoms with Crippen LogP contribution in [0.25, 0.3) is 22.3 Å². The van der Waals surface area contributed by atoms with E-state index < -0.39 is 40.2 Å². The van der Waals surface area contributed by atoms with Crippen LogP contribution in [0.15, 0.2) is 42.7 Å². The molecule has 2 saturated carbocycles. The van der Waals surface area contributed by atoms with Crippen LogP contribution in [0.5, 0.6) is 5.75 Å². The molecular weight excluding hydrogens is 861 g/mol. The number of nitrogens with zero attached hydrogens (tertiary/aromatic N) is 8. The van der Waals surface area contributed by atoms with Crippen LogP contribution in [0.2, 0.25) is 0 Å². The summed E-state index contributed by atoms with van der Waals surface area (Å²) in [6, 6.07) is 6.09. The van der Waals surface area contributed by atoms with Crippen molar-refractivity contribution in [1.29, 1.82) is 0 Å². The fourth-order valence-electron chi connectivity index (χ4n) is 9.72. The smallest absolute Gasteiger partial charge is 0.224 e. The first-order valence-corrected chi connectivity index (χ1v) is 22.9. The van der Waals surface area contributed by atoms with E-state index in [-0.39, 0.29) is 41.5 Å². The van der Waals surface area contributed by atoms with Gasteiger partial charge in [-0.25, -0.2) is 37.5 Å². The summed E-state index contributed by atoms with van der Waals surface area (Å²) in [5, 5.41) is 23.3. The molecule has 2 saturated heterocycles. The average Bonchev–Trinajstić information content (AvgIpc) is 3.86. The summed E-state index contributed by atoms with van der Waals surface area (Å²) in [5.41, 5.74) is 0.193. The number of ether oxygens (including phenoxy) is 3. The molecule has 6 heterocycles. The fourth-order valence-corrected chi connectivity index (χ4v) is 9.72. The maximum absolute atomic E-state index is 16.6. The molecule has 4 fully saturated rings. The number of rotatable bonds is 12. The molecule has 5 N–H and O–H groups in total. The number of halogens is 4. The number of para-hydroxylation sites is 1. The summed E-state index contributed by atoms with van der Waals surface area (Å²) >= 11 is 0. The van der Waals surface area contributed by atoms with Crippen LogP contribution in [-0.2, 0) is 9.47 Å². The first kappa shape index (κ1) is 44.0. The number of imidazole rings is 2. The highest BCUT2D eigenvalue weighted by molar-refractivity contribution is 5.78. The minimum absolute atomic E-state index is 0.000497. The first-order valence-electron chi connectivity index (χ1n) is 22.9. The summed E-state index contributed by atoms with van der Waals surface area (Å²) in [7, 11) is 0. The molecule has 16 nitrogen and oxygen atoms in total. The number of anilines is 6. The van der Waals surface area contributed by atoms with Gasteiger partial charge in [-0.2, -0.15) is 9.97 Å². The highest BCUT2D eigenvalue weighted by Gasteiger charge is 2.36. The van der Waals surface area contributed by atoms with Gasteiger partial charge in [0.15, 0.2) is 28.7 Å². The molecule has 20 heteroatoms. The quantitative estimate of drug-likeness (QED) is 0.0733. The monoisotopic (exact) mass is 914 g/mol. The maximum Gasteiger partial charge on any atom is 0.224 e. The average molecular weight is 915 g/mol. The Morgan fingerprint density at radius 1 is 0.636 bits per heavy atom. The Morgan fingerprint density at radius 3 is 1.67 bits per heavy atom. The third-order valence-electron chi connectivity index (χ3n) is 13.6. The van der Waals surface area contributed by atoms with Crippen LogP contribution >= 0.6 is 0 Å². The summed E-state index contributed by atoms with van der Waals surface area (Å²) < 4.78 is 82.9. The molecule has 2 aliphatic carbocycles. The Labute approximate surface area is 378 Å². The van der Waals surface area contributed by atoms with Crippen molar-refractivity contribution in [3.8, 4) is 5.75 Å². The number of hydrogen-bond acceptors (Lipinski definition) is 14. The third kappa shape index (κ3) is 9.14. The third-order valence-corrected chi connectivity index (χ3v) is 13.6. The second-order valence-electron chi connectivity index (χ2n) is 18.6. The van der Waals surface area contributed by atoms with Gasteiger partial charge in [0.05, 0.1) is 23.7 Å². The Morgan fingerprint density at radius 2 is 1.14 bits per heavy atom. The SMILES string of the molecule is CC1(O)CCC(Nc2ncc3nc(Nc4ccc(F)c(OC5(C)CCC(Nc6ncc7nc(Nc8c(F)cccc8F)n(C8CCOCC8)c7n6)CC5)c4F)n(C4CCOCC4)c3n2)CC1. The molecule has 0 spiro atoms. The van der Waals surface area contributed by atoms with Crippen LogP contribution in [0, 0.1) is 23.3 Å². The van der Waals surface area contributed by atoms with Gasteiger partial charge >= 0.3 is 0 Å². The van der Waals surface area contributed by atoms with Gasteiger partial charge in [0.1, 0.15) is 34.0 Å². The van der Waals surface area contributed by atoms with Gasteiger partial charge in [-0.05, 0) is 115 Å². The lowest BCUT2D eigenvalue weighted by molar-refractivity contribution is 0.0195. The number of aliphatic hydroxyl groups is 1. The highest BCUT2D eigenvalue weighted by atomic mass is 19.1. The second-order valence-corrected chi connectivity index (χ2v) is 18.6. The number of aromatic nitrogens is 8. The van der Waals surface area contributed by atoms with Crippen molar-refractivity contribution in [3.63, 3.8) is 0 Å². The van der Waals surface area contributed by atoms with Crippen LogP contribution in [0.1, 0.15) is 103 Å². The van der Waals surface area contributed by atoms with Gasteiger partial charge in [-0.15, -0.1) is 0 Å². The van der Waals surface area contributed by atoms with Gasteiger partial charge in [-0.1, -0.05) is 6.07 Å². The standard InChI is InChI=1S/C46H54F4N12O4/c1-45(63)16-8-26(9-17-45)53-41-51-24-34-39(59-41)61(28-12-20-64-21-13-28)43(56-34)55-33-7-6-32(49)38(36(33)50)66-46(2)18-10-27(11-19-46)54-42-52-25-35-40(60-42)62(29-14-22-65-23-15-29)44(57-35)58-37-30(47)4-3-5-31(37)48/h3-7,24-29,63H,8-23H2,1-2H3,(H,55,56)(H,57,58)(H,51,53,59)(H,52,54,60). The van der Waals surface area contributed by atoms with Gasteiger partial charge in [0.2, 0.25) is 23.8 Å². The molecule has 0 amide bonds. The van der Waals surface area contributed by atoms with Crippen LogP contribution in [0.3, 0.4) is 0 Å². The molecule has 0 atom stereocenters. The molecule has 4 aliphatic rings. The van der Waals surface area contributed by atoms with E-state index in [0.717, 1.165) is 12.8 Å². The molecule has 0 radical (unpaired) electrons. The van der Waals surface area contributed by atoms with Crippen molar-refractivity contribution >= 4 is 57.5 Å². The summed E-state index contributed by atoms with van der Waals surface area (Å²) in [5.74, 6) is -2.27. The lowest BCUT2D eigenvalue weighted by Gasteiger charge is -2.38. The van der Waals surface area contributed by atoms with Gasteiger partial charge in [-0.3, -0.25) is 9.13 Å². The molecule has 66 heavy (non-hydrogen) atoms. The van der Waals surface area contributed by atoms with Crippen molar-refractivity contribution in [2.24, 2.45) is 0 Å². The molecule has 0 unspecified atom stereocenters. The summed E-state index contributed by atoms with van der Waals surface area (Å²) in [4.78, 5) is 28.2. The number of fused-ring (bicyclic) bond motifs is 2. The minimum Gasteiger partial charge on any atom is -0.481 e. The Hall–Kier alpha value is -5.86. The van der Waals surface area contributed by atoms with Gasteiger partial charge < -0.3 is 40.6 Å². The van der Waals surface area contributed by atoms with E-state index in [0.29, 0.717) is 131 Å². The van der Waals surface area contributed by atoms with E-state index in [2.05, 4.69) is 36.2 Å². The van der Waals surface area contributed by atoms with Gasteiger partial charge in [0.25, 0.3) is 0 Å². The van der Waals surface area contributed by atoms with E-state index in [1.54, 1.807) is 12.4 Å². The maximum atomic E-state index is 16.6. The molecule has 350 valence electrons. The number of hydrogen-bond donors (Lipinski definition) is 5. The molecule has 6 aromatic rings. The van der Waals surface area contributed by atoms with Crippen molar-refractivity contribution < 1.29 is 36.9 Å². The van der Waals surface area contributed by atoms with Crippen LogP contribution in [0.4, 0.5) is 52.7 Å². The predicted octanol–water partition coefficient (Wildman–Crippen LogP) is 9.01. The lowest BCUT2D eigenvalue weighted by Crippen LogP contribution is -2.41. The summed E-state index contributed by atoms with van der Waals surface area (Å²) in [6.45, 7) is 5.85. The zero-order valence-corrected chi connectivity index (χ0v) is 36.9. The molecule has 2 aliphatic heterocycles. The highest BCUT2D eigenvalue weighted by Crippen LogP contribution is 2.40. The fraction of sp³-hybridized carbons (Fsp3) is 0.522. The largest absolute Gasteiger partial charge is 0.481 e. The van der Waals surface area contributed by atoms with E-state index in [1.165, 1.54) is 30.3 Å². The first-order chi connectivity index (χ1) is 31.9. The normalized spacial score (nSPS) is 24.4. The Bertz CT molecular complexity index is 2680. The zero-order chi connectivity index (χ0) is 45.6. The van der Waals surface area contributed by atoms with E-state index in [4.69, 9.17) is 29.2 Å². The van der Waals surface area contributed by atoms with E-state index in [9.17, 15) is 13.9 Å². The Balaban J connectivity index is 0.843. The van der Waals surface area contributed by atoms with Crippen LogP contribution in [-0.4, -0.2) is 93.9 Å². The zero-order valence-electron chi connectivity index (χ0n) is 36.9. The van der Waals surface area contributed by atoms with Crippen LogP contribution < -0.4 is 26.0 Å². The predicted molar refractivity (Wildman–Crippen MR) is 240 cm³/mol. The summed E-state index contributed by atoms with van der Waals surface area (Å²) in [6.07, 6.45) is 11.0. The van der Waals surface area contributed by atoms with Crippen molar-refractivity contribution in [1.82, 2.24) is 39.0 Å². The molecular formula is C46H54F4N12O4. The van der Waals surface area contributed by atoms with E-state index in [1.807, 2.05) is 23.0 Å². The Kier molecular flexibility index (Phi) is 12.1. The molecule has 2 aromatic carbocycles. The molecule has 0 bridgehead atoms. The van der Waals surface area contributed by atoms with E-state index >= 15 is 8.78 Å². The van der Waals surface area contributed by atoms with Crippen molar-refractivity contribution in [3.05, 3.63) is 66.0 Å². The topological polar surface area (TPSA) is 183 Å². The number of nitrogens with one attached hydrogen (secondary N) is 4. The molecule has 10 rings (SSSR count).